The molecule has 3 aromatic rings. The van der Waals surface area contributed by atoms with Crippen LogP contribution in [0.3, 0.4) is 0 Å². The summed E-state index contributed by atoms with van der Waals surface area (Å²) in [6.07, 6.45) is 0. The average molecular weight is 317 g/mol. The molecule has 0 aliphatic rings. The lowest BCUT2D eigenvalue weighted by atomic mass is 10.2. The zero-order chi connectivity index (χ0) is 15.4. The summed E-state index contributed by atoms with van der Waals surface area (Å²) in [5.41, 5.74) is 0.806. The van der Waals surface area contributed by atoms with Crippen LogP contribution in [-0.2, 0) is 6.61 Å². The zero-order valence-electron chi connectivity index (χ0n) is 11.8. The molecule has 1 aromatic heterocycles. The Balaban J connectivity index is 1.71. The first kappa shape index (κ1) is 14.4. The van der Waals surface area contributed by atoms with Crippen LogP contribution in [0.2, 0.25) is 5.02 Å². The lowest BCUT2D eigenvalue weighted by Crippen LogP contribution is -1.97. The highest BCUT2D eigenvalue weighted by Gasteiger charge is 2.10. The second-order valence-electron chi connectivity index (χ2n) is 4.45. The maximum atomic E-state index is 5.85. The minimum Gasteiger partial charge on any atom is -0.493 e. The van der Waals surface area contributed by atoms with E-state index in [9.17, 15) is 0 Å². The molecule has 0 N–H and O–H groups in total. The number of benzene rings is 2. The van der Waals surface area contributed by atoms with Crippen LogP contribution in [0.15, 0.2) is 52.9 Å². The van der Waals surface area contributed by atoms with Gasteiger partial charge in [0, 0.05) is 10.6 Å². The third-order valence-corrected chi connectivity index (χ3v) is 3.23. The summed E-state index contributed by atoms with van der Waals surface area (Å²) in [6, 6.07) is 14.6. The van der Waals surface area contributed by atoms with E-state index in [2.05, 4.69) is 10.2 Å². The van der Waals surface area contributed by atoms with E-state index in [0.717, 1.165) is 5.56 Å². The largest absolute Gasteiger partial charge is 0.493 e. The number of halogens is 1. The molecular weight excluding hydrogens is 304 g/mol. The molecule has 5 nitrogen and oxygen atoms in total. The number of aromatic nitrogens is 2. The van der Waals surface area contributed by atoms with Crippen LogP contribution in [0.4, 0.5) is 0 Å². The van der Waals surface area contributed by atoms with Crippen LogP contribution in [0.1, 0.15) is 5.89 Å². The van der Waals surface area contributed by atoms with Gasteiger partial charge in [-0.3, -0.25) is 0 Å². The van der Waals surface area contributed by atoms with Crippen molar-refractivity contribution in [3.8, 4) is 23.0 Å². The quantitative estimate of drug-likeness (QED) is 0.712. The smallest absolute Gasteiger partial charge is 0.254 e. The van der Waals surface area contributed by atoms with E-state index in [1.807, 2.05) is 36.4 Å². The fourth-order valence-electron chi connectivity index (χ4n) is 1.90. The topological polar surface area (TPSA) is 57.4 Å². The molecule has 0 radical (unpaired) electrons. The maximum Gasteiger partial charge on any atom is 0.254 e. The number of rotatable bonds is 5. The molecule has 22 heavy (non-hydrogen) atoms. The van der Waals surface area contributed by atoms with E-state index in [4.69, 9.17) is 25.5 Å². The molecule has 0 aliphatic carbocycles. The normalized spacial score (nSPS) is 10.5. The molecule has 0 spiro atoms. The maximum absolute atomic E-state index is 5.85. The van der Waals surface area contributed by atoms with Crippen LogP contribution in [-0.4, -0.2) is 17.3 Å². The van der Waals surface area contributed by atoms with Gasteiger partial charge in [-0.2, -0.15) is 0 Å². The second-order valence-corrected chi connectivity index (χ2v) is 4.88. The number of nitrogens with zero attached hydrogens (tertiary/aromatic N) is 2. The fourth-order valence-corrected chi connectivity index (χ4v) is 2.02. The number of ether oxygens (including phenoxy) is 2. The van der Waals surface area contributed by atoms with Gasteiger partial charge in [-0.25, -0.2) is 0 Å². The number of methoxy groups -OCH3 is 1. The molecule has 0 saturated carbocycles. The summed E-state index contributed by atoms with van der Waals surface area (Å²) in [5, 5.41) is 8.63. The van der Waals surface area contributed by atoms with Crippen molar-refractivity contribution < 1.29 is 13.9 Å². The van der Waals surface area contributed by atoms with Gasteiger partial charge >= 0.3 is 0 Å². The molecule has 0 atom stereocenters. The molecule has 0 bridgehead atoms. The average Bonchev–Trinajstić information content (AvgIpc) is 3.03. The Hall–Kier alpha value is -2.53. The summed E-state index contributed by atoms with van der Waals surface area (Å²) in [7, 11) is 1.59. The van der Waals surface area contributed by atoms with Gasteiger partial charge in [0.25, 0.3) is 5.89 Å². The van der Waals surface area contributed by atoms with Gasteiger partial charge in [-0.05, 0) is 36.4 Å². The van der Waals surface area contributed by atoms with E-state index >= 15 is 0 Å². The molecule has 6 heteroatoms. The minimum atomic E-state index is 0.168. The van der Waals surface area contributed by atoms with Crippen LogP contribution in [0, 0.1) is 0 Å². The van der Waals surface area contributed by atoms with E-state index < -0.39 is 0 Å². The van der Waals surface area contributed by atoms with Crippen LogP contribution < -0.4 is 9.47 Å². The molecule has 0 aliphatic heterocycles. The van der Waals surface area contributed by atoms with Crippen LogP contribution >= 0.6 is 11.6 Å². The predicted molar refractivity (Wildman–Crippen MR) is 82.1 cm³/mol. The highest BCUT2D eigenvalue weighted by atomic mass is 35.5. The highest BCUT2D eigenvalue weighted by Crippen LogP contribution is 2.27. The van der Waals surface area contributed by atoms with E-state index in [1.165, 1.54) is 0 Å². The van der Waals surface area contributed by atoms with Crippen molar-refractivity contribution in [1.29, 1.82) is 0 Å². The second kappa shape index (κ2) is 6.49. The zero-order valence-corrected chi connectivity index (χ0v) is 12.6. The Morgan fingerprint density at radius 2 is 1.73 bits per heavy atom. The van der Waals surface area contributed by atoms with Crippen molar-refractivity contribution in [2.45, 2.75) is 6.61 Å². The van der Waals surface area contributed by atoms with E-state index in [1.54, 1.807) is 19.2 Å². The van der Waals surface area contributed by atoms with Crippen molar-refractivity contribution in [1.82, 2.24) is 10.2 Å². The van der Waals surface area contributed by atoms with Crippen molar-refractivity contribution in [2.75, 3.05) is 7.11 Å². The standard InChI is InChI=1S/C16H13ClN2O3/c1-20-13-4-2-3-5-14(13)21-10-15-18-19-16(22-15)11-6-8-12(17)9-7-11/h2-9H,10H2,1H3. The van der Waals surface area contributed by atoms with E-state index in [0.29, 0.717) is 28.3 Å². The third kappa shape index (κ3) is 3.20. The van der Waals surface area contributed by atoms with Gasteiger partial charge in [-0.15, -0.1) is 10.2 Å². The Morgan fingerprint density at radius 1 is 1.00 bits per heavy atom. The first-order valence-corrected chi connectivity index (χ1v) is 6.98. The SMILES string of the molecule is COc1ccccc1OCc1nnc(-c2ccc(Cl)cc2)o1. The fraction of sp³-hybridized carbons (Fsp3) is 0.125. The Bertz CT molecular complexity index is 756. The van der Waals surface area contributed by atoms with Gasteiger partial charge in [0.05, 0.1) is 7.11 Å². The monoisotopic (exact) mass is 316 g/mol. The van der Waals surface area contributed by atoms with Gasteiger partial charge in [0.15, 0.2) is 18.1 Å². The summed E-state index contributed by atoms with van der Waals surface area (Å²) in [4.78, 5) is 0. The Morgan fingerprint density at radius 3 is 2.45 bits per heavy atom. The van der Waals surface area contributed by atoms with Gasteiger partial charge in [0.1, 0.15) is 0 Å². The molecule has 0 saturated heterocycles. The van der Waals surface area contributed by atoms with Crippen molar-refractivity contribution >= 4 is 11.6 Å². The number of hydrogen-bond acceptors (Lipinski definition) is 5. The predicted octanol–water partition coefficient (Wildman–Crippen LogP) is 3.98. The molecule has 1 heterocycles. The first-order chi connectivity index (χ1) is 10.8. The van der Waals surface area contributed by atoms with Crippen LogP contribution in [0.25, 0.3) is 11.5 Å². The molecule has 0 unspecified atom stereocenters. The summed E-state index contributed by atoms with van der Waals surface area (Å²) in [6.45, 7) is 0.168. The number of para-hydroxylation sites is 2. The third-order valence-electron chi connectivity index (χ3n) is 2.98. The van der Waals surface area contributed by atoms with Gasteiger partial charge in [-0.1, -0.05) is 23.7 Å². The summed E-state index contributed by atoms with van der Waals surface area (Å²) in [5.74, 6) is 2.09. The molecule has 112 valence electrons. The van der Waals surface area contributed by atoms with Gasteiger partial charge in [0.2, 0.25) is 5.89 Å². The molecule has 3 rings (SSSR count). The summed E-state index contributed by atoms with van der Waals surface area (Å²) < 4.78 is 16.4. The highest BCUT2D eigenvalue weighted by molar-refractivity contribution is 6.30. The van der Waals surface area contributed by atoms with Crippen LogP contribution in [0.5, 0.6) is 11.5 Å². The lowest BCUT2D eigenvalue weighted by Gasteiger charge is -2.07. The van der Waals surface area contributed by atoms with Gasteiger partial charge < -0.3 is 13.9 Å². The lowest BCUT2D eigenvalue weighted by molar-refractivity contribution is 0.251. The van der Waals surface area contributed by atoms with E-state index in [-0.39, 0.29) is 6.61 Å². The number of hydrogen-bond donors (Lipinski definition) is 0. The minimum absolute atomic E-state index is 0.168. The Kier molecular flexibility index (Phi) is 4.25. The summed E-state index contributed by atoms with van der Waals surface area (Å²) >= 11 is 5.85. The van der Waals surface area contributed by atoms with Crippen molar-refractivity contribution in [2.24, 2.45) is 0 Å². The van der Waals surface area contributed by atoms with Crippen molar-refractivity contribution in [3.05, 3.63) is 59.4 Å². The molecule has 2 aromatic carbocycles. The molecule has 0 fully saturated rings. The van der Waals surface area contributed by atoms with Crippen molar-refractivity contribution in [3.63, 3.8) is 0 Å². The first-order valence-electron chi connectivity index (χ1n) is 6.60. The molecular formula is C16H13ClN2O3. The Labute approximate surface area is 132 Å². The molecule has 0 amide bonds.